The van der Waals surface area contributed by atoms with Crippen molar-refractivity contribution < 1.29 is 0 Å². The molecule has 60 heavy (non-hydrogen) atoms. The number of hydrogen-bond acceptors (Lipinski definition) is 3. The minimum atomic E-state index is 0.811. The van der Waals surface area contributed by atoms with Gasteiger partial charge in [0.15, 0.2) is 0 Å². The molecule has 0 saturated carbocycles. The van der Waals surface area contributed by atoms with E-state index in [2.05, 4.69) is 260 Å². The smallest absolute Gasteiger partial charge is 0.0527 e. The van der Waals surface area contributed by atoms with E-state index in [0.717, 1.165) is 46.1 Å². The summed E-state index contributed by atoms with van der Waals surface area (Å²) in [6.07, 6.45) is 8.45. The second kappa shape index (κ2) is 17.1. The molecule has 0 spiro atoms. The molecule has 8 aromatic rings. The van der Waals surface area contributed by atoms with E-state index in [1.54, 1.807) is 0 Å². The quantitative estimate of drug-likeness (QED) is 0.130. The minimum Gasteiger partial charge on any atom is -0.336 e. The van der Waals surface area contributed by atoms with E-state index < -0.39 is 0 Å². The minimum absolute atomic E-state index is 0.811. The van der Waals surface area contributed by atoms with Crippen molar-refractivity contribution in [1.82, 2.24) is 0 Å². The molecule has 3 heteroatoms. The third-order valence-corrected chi connectivity index (χ3v) is 11.2. The van der Waals surface area contributed by atoms with Crippen LogP contribution in [0.1, 0.15) is 25.0 Å². The van der Waals surface area contributed by atoms with Crippen LogP contribution in [-0.4, -0.2) is 6.54 Å². The van der Waals surface area contributed by atoms with E-state index in [1.165, 1.54) is 50.3 Å². The Kier molecular flexibility index (Phi) is 10.8. The first-order valence-electron chi connectivity index (χ1n) is 20.6. The van der Waals surface area contributed by atoms with E-state index in [1.807, 2.05) is 0 Å². The van der Waals surface area contributed by atoms with Crippen molar-refractivity contribution in [1.29, 1.82) is 0 Å². The van der Waals surface area contributed by atoms with Crippen molar-refractivity contribution in [3.8, 4) is 33.4 Å². The van der Waals surface area contributed by atoms with Gasteiger partial charge in [0, 0.05) is 52.4 Å². The number of rotatable bonds is 11. The van der Waals surface area contributed by atoms with Crippen LogP contribution in [0, 0.1) is 0 Å². The molecule has 0 saturated heterocycles. The maximum atomic E-state index is 4.32. The second-order valence-electron chi connectivity index (χ2n) is 15.1. The highest BCUT2D eigenvalue weighted by Crippen LogP contribution is 2.41. The molecule has 3 nitrogen and oxygen atoms in total. The summed E-state index contributed by atoms with van der Waals surface area (Å²) in [5.41, 5.74) is 18.6. The summed E-state index contributed by atoms with van der Waals surface area (Å²) in [4.78, 5) is 6.93. The van der Waals surface area contributed by atoms with Crippen molar-refractivity contribution >= 4 is 51.5 Å². The van der Waals surface area contributed by atoms with Gasteiger partial charge in [-0.25, -0.2) is 0 Å². The average Bonchev–Trinajstić information content (AvgIpc) is 3.65. The summed E-state index contributed by atoms with van der Waals surface area (Å²) in [6.45, 7) is 9.24. The Labute approximate surface area is 354 Å². The molecule has 0 unspecified atom stereocenters. The number of hydrogen-bond donors (Lipinski definition) is 0. The number of anilines is 7. The van der Waals surface area contributed by atoms with E-state index in [4.69, 9.17) is 0 Å². The van der Waals surface area contributed by atoms with Gasteiger partial charge < -0.3 is 14.7 Å². The van der Waals surface area contributed by atoms with Crippen molar-refractivity contribution in [2.45, 2.75) is 13.8 Å². The zero-order valence-corrected chi connectivity index (χ0v) is 34.1. The van der Waals surface area contributed by atoms with Gasteiger partial charge in [-0.05, 0) is 131 Å². The fourth-order valence-corrected chi connectivity index (χ4v) is 8.22. The van der Waals surface area contributed by atoms with Crippen LogP contribution in [0.15, 0.2) is 225 Å². The molecule has 1 aliphatic heterocycles. The van der Waals surface area contributed by atoms with Crippen LogP contribution in [-0.2, 0) is 0 Å². The third-order valence-electron chi connectivity index (χ3n) is 11.2. The fraction of sp³-hybridized carbons (Fsp3) is 0.0526. The number of nitrogens with zero attached hydrogens (tertiary/aromatic N) is 3. The monoisotopic (exact) mass is 773 g/mol. The second-order valence-corrected chi connectivity index (χ2v) is 15.1. The van der Waals surface area contributed by atoms with Crippen LogP contribution in [0.25, 0.3) is 45.0 Å². The molecule has 9 rings (SSSR count). The fourth-order valence-electron chi connectivity index (χ4n) is 8.22. The highest BCUT2D eigenvalue weighted by Gasteiger charge is 2.23. The van der Waals surface area contributed by atoms with Gasteiger partial charge in [-0.2, -0.15) is 0 Å². The topological polar surface area (TPSA) is 9.72 Å². The summed E-state index contributed by atoms with van der Waals surface area (Å²) in [5, 5.41) is 0. The van der Waals surface area contributed by atoms with E-state index in [-0.39, 0.29) is 0 Å². The van der Waals surface area contributed by atoms with E-state index >= 15 is 0 Å². The molecular weight excluding hydrogens is 727 g/mol. The Balaban J connectivity index is 0.999. The van der Waals surface area contributed by atoms with Crippen LogP contribution < -0.4 is 14.7 Å². The lowest BCUT2D eigenvalue weighted by atomic mass is 10.0. The van der Waals surface area contributed by atoms with E-state index in [9.17, 15) is 0 Å². The third kappa shape index (κ3) is 7.69. The SMILES string of the molecule is C=C1CN(c2ccc(-c3ccc(N(c4ccc(-c5ccccc5)cc4)c4ccc(-c5ccc(N(/C=C/C)c6ccccc6/C=C/C)cc5)cc4)cc3)cc2)c2ccccc21. The molecular formula is C57H47N3. The van der Waals surface area contributed by atoms with Gasteiger partial charge in [0.2, 0.25) is 0 Å². The van der Waals surface area contributed by atoms with Gasteiger partial charge in [0.25, 0.3) is 0 Å². The van der Waals surface area contributed by atoms with Gasteiger partial charge in [-0.1, -0.05) is 152 Å². The molecule has 8 aromatic carbocycles. The molecule has 1 heterocycles. The number of para-hydroxylation sites is 2. The molecule has 0 bridgehead atoms. The van der Waals surface area contributed by atoms with Crippen molar-refractivity contribution in [3.05, 3.63) is 236 Å². The molecule has 0 aromatic heterocycles. The molecule has 290 valence electrons. The summed E-state index contributed by atoms with van der Waals surface area (Å²) in [5.74, 6) is 0. The molecule has 1 aliphatic rings. The van der Waals surface area contributed by atoms with Crippen LogP contribution in [0.3, 0.4) is 0 Å². The molecule has 0 atom stereocenters. The molecule has 0 N–H and O–H groups in total. The van der Waals surface area contributed by atoms with Gasteiger partial charge in [-0.15, -0.1) is 0 Å². The predicted molar refractivity (Wildman–Crippen MR) is 258 cm³/mol. The Morgan fingerprint density at radius 3 is 1.43 bits per heavy atom. The maximum Gasteiger partial charge on any atom is 0.0527 e. The Morgan fingerprint density at radius 2 is 0.900 bits per heavy atom. The van der Waals surface area contributed by atoms with E-state index in [0.29, 0.717) is 0 Å². The van der Waals surface area contributed by atoms with Crippen LogP contribution >= 0.6 is 0 Å². The Morgan fingerprint density at radius 1 is 0.450 bits per heavy atom. The van der Waals surface area contributed by atoms with Gasteiger partial charge in [0.1, 0.15) is 0 Å². The summed E-state index contributed by atoms with van der Waals surface area (Å²) in [6, 6.07) is 72.0. The van der Waals surface area contributed by atoms with Crippen LogP contribution in [0.2, 0.25) is 0 Å². The largest absolute Gasteiger partial charge is 0.336 e. The van der Waals surface area contributed by atoms with Crippen LogP contribution in [0.4, 0.5) is 39.8 Å². The Bertz CT molecular complexity index is 2780. The standard InChI is InChI=1S/C57H47N3/c1-4-13-49-16-9-11-18-56(49)58(40-5-2)50-30-20-45(21-31-50)47-26-36-53(37-27-47)60(52-34-24-44(25-35-52)43-14-7-6-8-15-43)54-38-28-48(29-39-54)46-22-32-51(33-23-46)59-41-42(3)55-17-10-12-19-57(55)59/h4-40H,3,41H2,1-2H3/b13-4+,40-5+. The van der Waals surface area contributed by atoms with Gasteiger partial charge in [0.05, 0.1) is 5.69 Å². The lowest BCUT2D eigenvalue weighted by Gasteiger charge is -2.26. The first kappa shape index (κ1) is 37.9. The maximum absolute atomic E-state index is 4.32. The van der Waals surface area contributed by atoms with Crippen molar-refractivity contribution in [2.24, 2.45) is 0 Å². The van der Waals surface area contributed by atoms with Crippen LogP contribution in [0.5, 0.6) is 0 Å². The molecule has 0 radical (unpaired) electrons. The molecule has 0 aliphatic carbocycles. The first-order chi connectivity index (χ1) is 29.6. The lowest BCUT2D eigenvalue weighted by Crippen LogP contribution is -2.12. The molecule has 0 fully saturated rings. The highest BCUT2D eigenvalue weighted by atomic mass is 15.2. The van der Waals surface area contributed by atoms with Gasteiger partial charge in [-0.3, -0.25) is 0 Å². The molecule has 0 amide bonds. The predicted octanol–water partition coefficient (Wildman–Crippen LogP) is 16.0. The first-order valence-corrected chi connectivity index (χ1v) is 20.6. The number of fused-ring (bicyclic) bond motifs is 1. The number of allylic oxidation sites excluding steroid dienone is 2. The zero-order valence-electron chi connectivity index (χ0n) is 34.1. The van der Waals surface area contributed by atoms with Crippen molar-refractivity contribution in [3.63, 3.8) is 0 Å². The van der Waals surface area contributed by atoms with Gasteiger partial charge >= 0.3 is 0 Å². The summed E-state index contributed by atoms with van der Waals surface area (Å²) in [7, 11) is 0. The summed E-state index contributed by atoms with van der Waals surface area (Å²) < 4.78 is 0. The normalized spacial score (nSPS) is 12.3. The summed E-state index contributed by atoms with van der Waals surface area (Å²) >= 11 is 0. The Hall–Kier alpha value is -7.62. The lowest BCUT2D eigenvalue weighted by molar-refractivity contribution is 1.16. The highest BCUT2D eigenvalue weighted by molar-refractivity contribution is 5.89. The van der Waals surface area contributed by atoms with Crippen molar-refractivity contribution in [2.75, 3.05) is 21.2 Å². The average molecular weight is 774 g/mol. The number of benzene rings is 8. The zero-order chi connectivity index (χ0) is 40.8.